The summed E-state index contributed by atoms with van der Waals surface area (Å²) in [6.07, 6.45) is 2.04. The van der Waals surface area contributed by atoms with Crippen molar-refractivity contribution in [2.24, 2.45) is 5.73 Å². The molecule has 1 atom stereocenters. The Morgan fingerprint density at radius 1 is 1.37 bits per heavy atom. The summed E-state index contributed by atoms with van der Waals surface area (Å²) in [5.41, 5.74) is 7.89. The third-order valence-corrected chi connectivity index (χ3v) is 3.34. The topological polar surface area (TPSA) is 54.7 Å². The van der Waals surface area contributed by atoms with Crippen LogP contribution in [-0.4, -0.2) is 16.5 Å². The second-order valence-electron chi connectivity index (χ2n) is 4.80. The number of nitrogens with zero attached hydrogens (tertiary/aromatic N) is 1. The van der Waals surface area contributed by atoms with Gasteiger partial charge in [0.2, 0.25) is 0 Å². The van der Waals surface area contributed by atoms with Crippen LogP contribution in [-0.2, 0) is 0 Å². The molecule has 0 bridgehead atoms. The van der Waals surface area contributed by atoms with E-state index in [1.54, 1.807) is 12.1 Å². The van der Waals surface area contributed by atoms with Crippen LogP contribution < -0.4 is 5.73 Å². The quantitative estimate of drug-likeness (QED) is 0.867. The van der Waals surface area contributed by atoms with Gasteiger partial charge in [-0.3, -0.25) is 0 Å². The average molecular weight is 261 g/mol. The van der Waals surface area contributed by atoms with Gasteiger partial charge >= 0.3 is 0 Å². The highest BCUT2D eigenvalue weighted by atomic mass is 19.1. The molecule has 3 N–H and O–H groups in total. The van der Waals surface area contributed by atoms with Crippen LogP contribution >= 0.6 is 0 Å². The van der Waals surface area contributed by atoms with Crippen molar-refractivity contribution in [1.29, 1.82) is 0 Å². The zero-order valence-corrected chi connectivity index (χ0v) is 11.4. The van der Waals surface area contributed by atoms with Gasteiger partial charge in [0.05, 0.1) is 5.69 Å². The van der Waals surface area contributed by atoms with Crippen molar-refractivity contribution in [3.63, 3.8) is 0 Å². The first-order valence-corrected chi connectivity index (χ1v) is 6.68. The SMILES string of the molecule is CCCC(CN)c1nc(-c2ccccc2F)c(C)[nH]1. The number of nitrogens with one attached hydrogen (secondary N) is 1. The molecule has 102 valence electrons. The zero-order chi connectivity index (χ0) is 13.8. The number of hydrogen-bond acceptors (Lipinski definition) is 2. The smallest absolute Gasteiger partial charge is 0.132 e. The van der Waals surface area contributed by atoms with E-state index in [-0.39, 0.29) is 11.7 Å². The number of aromatic amines is 1. The van der Waals surface area contributed by atoms with Gasteiger partial charge in [-0.25, -0.2) is 9.37 Å². The molecule has 1 heterocycles. The molecule has 0 radical (unpaired) electrons. The summed E-state index contributed by atoms with van der Waals surface area (Å²) in [4.78, 5) is 7.80. The first-order valence-electron chi connectivity index (χ1n) is 6.68. The van der Waals surface area contributed by atoms with Crippen LogP contribution in [0.2, 0.25) is 0 Å². The molecule has 2 aromatic rings. The first-order chi connectivity index (χ1) is 9.17. The number of halogens is 1. The van der Waals surface area contributed by atoms with Gasteiger partial charge in [0.25, 0.3) is 0 Å². The van der Waals surface area contributed by atoms with E-state index in [9.17, 15) is 4.39 Å². The highest BCUT2D eigenvalue weighted by Gasteiger charge is 2.17. The number of rotatable bonds is 5. The molecule has 0 saturated heterocycles. The fourth-order valence-corrected chi connectivity index (χ4v) is 2.31. The molecule has 0 saturated carbocycles. The number of aromatic nitrogens is 2. The molecule has 4 heteroatoms. The molecule has 0 spiro atoms. The Kier molecular flexibility index (Phi) is 4.32. The lowest BCUT2D eigenvalue weighted by Gasteiger charge is -2.09. The predicted octanol–water partition coefficient (Wildman–Crippen LogP) is 3.37. The lowest BCUT2D eigenvalue weighted by Crippen LogP contribution is -2.13. The van der Waals surface area contributed by atoms with Gasteiger partial charge in [0.15, 0.2) is 0 Å². The van der Waals surface area contributed by atoms with Crippen molar-refractivity contribution >= 4 is 0 Å². The number of H-pyrrole nitrogens is 1. The van der Waals surface area contributed by atoms with Gasteiger partial charge < -0.3 is 10.7 Å². The Hall–Kier alpha value is -1.68. The minimum atomic E-state index is -0.247. The second kappa shape index (κ2) is 5.97. The molecule has 2 rings (SSSR count). The molecule has 19 heavy (non-hydrogen) atoms. The number of benzene rings is 1. The second-order valence-corrected chi connectivity index (χ2v) is 4.80. The number of nitrogens with two attached hydrogens (primary N) is 1. The summed E-state index contributed by atoms with van der Waals surface area (Å²) in [6, 6.07) is 6.70. The van der Waals surface area contributed by atoms with E-state index < -0.39 is 0 Å². The van der Waals surface area contributed by atoms with E-state index in [2.05, 4.69) is 16.9 Å². The Morgan fingerprint density at radius 3 is 2.74 bits per heavy atom. The molecular weight excluding hydrogens is 241 g/mol. The number of hydrogen-bond donors (Lipinski definition) is 2. The summed E-state index contributed by atoms with van der Waals surface area (Å²) in [5, 5.41) is 0. The van der Waals surface area contributed by atoms with Crippen LogP contribution in [0.5, 0.6) is 0 Å². The minimum absolute atomic E-state index is 0.212. The first kappa shape index (κ1) is 13.7. The van der Waals surface area contributed by atoms with Gasteiger partial charge in [0.1, 0.15) is 11.6 Å². The van der Waals surface area contributed by atoms with Crippen LogP contribution in [0.1, 0.15) is 37.2 Å². The molecule has 0 aliphatic heterocycles. The maximum Gasteiger partial charge on any atom is 0.132 e. The van der Waals surface area contributed by atoms with Crippen molar-refractivity contribution in [1.82, 2.24) is 9.97 Å². The monoisotopic (exact) mass is 261 g/mol. The number of imidazole rings is 1. The lowest BCUT2D eigenvalue weighted by atomic mass is 10.0. The molecule has 0 amide bonds. The maximum absolute atomic E-state index is 13.8. The molecule has 0 fully saturated rings. The van der Waals surface area contributed by atoms with Gasteiger partial charge in [0, 0.05) is 23.7 Å². The molecule has 3 nitrogen and oxygen atoms in total. The zero-order valence-electron chi connectivity index (χ0n) is 11.4. The third kappa shape index (κ3) is 2.84. The van der Waals surface area contributed by atoms with Crippen LogP contribution in [0.4, 0.5) is 4.39 Å². The van der Waals surface area contributed by atoms with Crippen molar-refractivity contribution in [2.45, 2.75) is 32.6 Å². The summed E-state index contributed by atoms with van der Waals surface area (Å²) in [7, 11) is 0. The van der Waals surface area contributed by atoms with Crippen LogP contribution in [0.25, 0.3) is 11.3 Å². The Morgan fingerprint density at radius 2 is 2.11 bits per heavy atom. The average Bonchev–Trinajstić information content (AvgIpc) is 2.78. The normalized spacial score (nSPS) is 12.6. The van der Waals surface area contributed by atoms with Crippen molar-refractivity contribution in [3.8, 4) is 11.3 Å². The van der Waals surface area contributed by atoms with E-state index in [0.29, 0.717) is 17.8 Å². The largest absolute Gasteiger partial charge is 0.345 e. The molecule has 1 aromatic carbocycles. The summed E-state index contributed by atoms with van der Waals surface area (Å²) >= 11 is 0. The molecule has 0 aliphatic rings. The fraction of sp³-hybridized carbons (Fsp3) is 0.400. The van der Waals surface area contributed by atoms with Gasteiger partial charge in [-0.05, 0) is 25.5 Å². The molecular formula is C15H20FN3. The number of aryl methyl sites for hydroxylation is 1. The molecule has 1 unspecified atom stereocenters. The van der Waals surface area contributed by atoms with Gasteiger partial charge in [-0.1, -0.05) is 25.5 Å². The predicted molar refractivity (Wildman–Crippen MR) is 75.4 cm³/mol. The van der Waals surface area contributed by atoms with Crippen LogP contribution in [0.15, 0.2) is 24.3 Å². The third-order valence-electron chi connectivity index (χ3n) is 3.34. The lowest BCUT2D eigenvalue weighted by molar-refractivity contribution is 0.594. The van der Waals surface area contributed by atoms with E-state index >= 15 is 0 Å². The summed E-state index contributed by atoms with van der Waals surface area (Å²) < 4.78 is 13.8. The van der Waals surface area contributed by atoms with Gasteiger partial charge in [-0.15, -0.1) is 0 Å². The standard InChI is InChI=1S/C15H20FN3/c1-3-6-11(9-17)15-18-10(2)14(19-15)12-7-4-5-8-13(12)16/h4-5,7-8,11H,3,6,9,17H2,1-2H3,(H,18,19). The highest BCUT2D eigenvalue weighted by molar-refractivity contribution is 5.62. The Labute approximate surface area is 113 Å². The van der Waals surface area contributed by atoms with Crippen molar-refractivity contribution < 1.29 is 4.39 Å². The summed E-state index contributed by atoms with van der Waals surface area (Å²) in [6.45, 7) is 4.59. The summed E-state index contributed by atoms with van der Waals surface area (Å²) in [5.74, 6) is 0.827. The maximum atomic E-state index is 13.8. The van der Waals surface area contributed by atoms with Crippen LogP contribution in [0.3, 0.4) is 0 Å². The van der Waals surface area contributed by atoms with E-state index in [4.69, 9.17) is 5.73 Å². The van der Waals surface area contributed by atoms with Crippen molar-refractivity contribution in [3.05, 3.63) is 41.6 Å². The molecule has 1 aromatic heterocycles. The molecule has 0 aliphatic carbocycles. The minimum Gasteiger partial charge on any atom is -0.345 e. The van der Waals surface area contributed by atoms with Crippen molar-refractivity contribution in [2.75, 3.05) is 6.54 Å². The van der Waals surface area contributed by atoms with E-state index in [0.717, 1.165) is 24.4 Å². The fourth-order valence-electron chi connectivity index (χ4n) is 2.31. The Bertz CT molecular complexity index is 548. The van der Waals surface area contributed by atoms with Gasteiger partial charge in [-0.2, -0.15) is 0 Å². The Balaban J connectivity index is 2.39. The van der Waals surface area contributed by atoms with E-state index in [1.807, 2.05) is 13.0 Å². The van der Waals surface area contributed by atoms with E-state index in [1.165, 1.54) is 6.07 Å². The highest BCUT2D eigenvalue weighted by Crippen LogP contribution is 2.27. The van der Waals surface area contributed by atoms with Crippen LogP contribution in [0, 0.1) is 12.7 Å².